The number of hydrogen-bond donors (Lipinski definition) is 1. The Kier molecular flexibility index (Phi) is 7.84. The Balaban J connectivity index is 1.71. The molecular weight excluding hydrogens is 469 g/mol. The molecule has 3 aromatic rings. The van der Waals surface area contributed by atoms with Gasteiger partial charge >= 0.3 is 5.97 Å². The lowest BCUT2D eigenvalue weighted by Gasteiger charge is -2.20. The second-order valence-electron chi connectivity index (χ2n) is 7.46. The van der Waals surface area contributed by atoms with E-state index in [1.54, 1.807) is 32.0 Å². The zero-order valence-corrected chi connectivity index (χ0v) is 19.8. The van der Waals surface area contributed by atoms with E-state index in [1.165, 1.54) is 26.4 Å². The summed E-state index contributed by atoms with van der Waals surface area (Å²) in [6, 6.07) is 8.63. The van der Waals surface area contributed by atoms with Crippen LogP contribution >= 0.6 is 0 Å². The summed E-state index contributed by atoms with van der Waals surface area (Å²) in [5, 5.41) is 3.87. The van der Waals surface area contributed by atoms with Gasteiger partial charge in [-0.25, -0.2) is 12.8 Å². The molecule has 34 heavy (non-hydrogen) atoms. The lowest BCUT2D eigenvalue weighted by molar-refractivity contribution is -0.148. The number of ether oxygens (including phenoxy) is 3. The van der Waals surface area contributed by atoms with Crippen LogP contribution in [0.2, 0.25) is 0 Å². The summed E-state index contributed by atoms with van der Waals surface area (Å²) in [5.41, 5.74) is 0.530. The first-order valence-corrected chi connectivity index (χ1v) is 11.6. The van der Waals surface area contributed by atoms with E-state index < -0.39 is 45.3 Å². The molecule has 3 rings (SSSR count). The van der Waals surface area contributed by atoms with Gasteiger partial charge in [0, 0.05) is 6.07 Å². The molecular formula is C22H24FN3O7S. The van der Waals surface area contributed by atoms with E-state index in [0.29, 0.717) is 17.1 Å². The Morgan fingerprint density at radius 3 is 2.53 bits per heavy atom. The molecule has 0 amide bonds. The van der Waals surface area contributed by atoms with Crippen molar-refractivity contribution in [3.05, 3.63) is 54.2 Å². The lowest BCUT2D eigenvalue weighted by atomic mass is 10.1. The molecule has 1 N–H and O–H groups in total. The van der Waals surface area contributed by atoms with Crippen LogP contribution in [-0.2, 0) is 26.2 Å². The highest BCUT2D eigenvalue weighted by molar-refractivity contribution is 7.89. The number of carbonyl (C=O) groups excluding carboxylic acids is 1. The van der Waals surface area contributed by atoms with Crippen molar-refractivity contribution in [2.75, 3.05) is 14.2 Å². The SMILES string of the molecule is COc1ccc(-c2noc(COC(=O)[C@@H](NS(=O)(=O)c3ccccc3F)C(C)C)n2)c(OC)c1. The van der Waals surface area contributed by atoms with Gasteiger partial charge in [0.1, 0.15) is 28.3 Å². The molecule has 2 aromatic carbocycles. The zero-order valence-electron chi connectivity index (χ0n) is 18.9. The zero-order chi connectivity index (χ0) is 24.9. The smallest absolute Gasteiger partial charge is 0.324 e. The summed E-state index contributed by atoms with van der Waals surface area (Å²) in [4.78, 5) is 16.3. The standard InChI is InChI=1S/C22H24FN3O7S/c1-13(2)20(26-34(28,29)18-8-6-5-7-16(18)23)22(27)32-12-19-24-21(25-33-19)15-10-9-14(30-3)11-17(15)31-4/h5-11,13,20,26H,12H2,1-4H3/t20-/m0/s1. The number of nitrogens with one attached hydrogen (secondary N) is 1. The number of carbonyl (C=O) groups is 1. The first-order valence-electron chi connectivity index (χ1n) is 10.1. The molecule has 0 unspecified atom stereocenters. The molecule has 12 heteroatoms. The number of aromatic nitrogens is 2. The van der Waals surface area contributed by atoms with Gasteiger partial charge in [-0.2, -0.15) is 9.71 Å². The molecule has 182 valence electrons. The van der Waals surface area contributed by atoms with Gasteiger partial charge in [-0.3, -0.25) is 4.79 Å². The van der Waals surface area contributed by atoms with Crippen LogP contribution in [0, 0.1) is 11.7 Å². The predicted octanol–water partition coefficient (Wildman–Crippen LogP) is 2.94. The van der Waals surface area contributed by atoms with Crippen molar-refractivity contribution < 1.29 is 36.3 Å². The topological polar surface area (TPSA) is 130 Å². The Hall–Kier alpha value is -3.51. The summed E-state index contributed by atoms with van der Waals surface area (Å²) in [5.74, 6) is -1.08. The minimum Gasteiger partial charge on any atom is -0.497 e. The highest BCUT2D eigenvalue weighted by Gasteiger charge is 2.31. The second kappa shape index (κ2) is 10.6. The minimum absolute atomic E-state index is 0.0133. The van der Waals surface area contributed by atoms with Crippen LogP contribution in [-0.4, -0.2) is 44.8 Å². The predicted molar refractivity (Wildman–Crippen MR) is 118 cm³/mol. The molecule has 0 saturated heterocycles. The van der Waals surface area contributed by atoms with E-state index in [0.717, 1.165) is 12.1 Å². The van der Waals surface area contributed by atoms with Crippen LogP contribution in [0.5, 0.6) is 11.5 Å². The summed E-state index contributed by atoms with van der Waals surface area (Å²) in [6.07, 6.45) is 0. The highest BCUT2D eigenvalue weighted by Crippen LogP contribution is 2.31. The van der Waals surface area contributed by atoms with Gasteiger partial charge in [0.25, 0.3) is 5.89 Å². The van der Waals surface area contributed by atoms with Gasteiger partial charge in [0.05, 0.1) is 19.8 Å². The van der Waals surface area contributed by atoms with Crippen molar-refractivity contribution in [1.82, 2.24) is 14.9 Å². The third-order valence-corrected chi connectivity index (χ3v) is 6.26. The summed E-state index contributed by atoms with van der Waals surface area (Å²) < 4.78 is 62.2. The average molecular weight is 494 g/mol. The maximum absolute atomic E-state index is 14.0. The monoisotopic (exact) mass is 493 g/mol. The molecule has 0 saturated carbocycles. The van der Waals surface area contributed by atoms with Crippen molar-refractivity contribution in [3.8, 4) is 22.9 Å². The first kappa shape index (κ1) is 25.1. The number of sulfonamides is 1. The van der Waals surface area contributed by atoms with Crippen LogP contribution < -0.4 is 14.2 Å². The van der Waals surface area contributed by atoms with Crippen LogP contribution in [0.1, 0.15) is 19.7 Å². The summed E-state index contributed by atoms with van der Waals surface area (Å²) in [7, 11) is -1.30. The van der Waals surface area contributed by atoms with Gasteiger partial charge in [-0.05, 0) is 30.2 Å². The molecule has 0 aliphatic carbocycles. The van der Waals surface area contributed by atoms with Gasteiger partial charge < -0.3 is 18.7 Å². The Morgan fingerprint density at radius 1 is 1.15 bits per heavy atom. The quantitative estimate of drug-likeness (QED) is 0.424. The van der Waals surface area contributed by atoms with E-state index in [1.807, 2.05) is 0 Å². The number of esters is 1. The Morgan fingerprint density at radius 2 is 1.88 bits per heavy atom. The van der Waals surface area contributed by atoms with Gasteiger partial charge in [0.2, 0.25) is 15.8 Å². The minimum atomic E-state index is -4.31. The largest absolute Gasteiger partial charge is 0.497 e. The molecule has 0 spiro atoms. The van der Waals surface area contributed by atoms with Gasteiger partial charge in [-0.1, -0.05) is 31.1 Å². The molecule has 1 heterocycles. The van der Waals surface area contributed by atoms with Crippen molar-refractivity contribution in [2.45, 2.75) is 31.4 Å². The molecule has 0 fully saturated rings. The number of halogens is 1. The van der Waals surface area contributed by atoms with E-state index >= 15 is 0 Å². The van der Waals surface area contributed by atoms with E-state index in [-0.39, 0.29) is 11.7 Å². The third kappa shape index (κ3) is 5.69. The number of rotatable bonds is 10. The van der Waals surface area contributed by atoms with E-state index in [2.05, 4.69) is 14.9 Å². The summed E-state index contributed by atoms with van der Waals surface area (Å²) >= 11 is 0. The highest BCUT2D eigenvalue weighted by atomic mass is 32.2. The number of nitrogens with zero attached hydrogens (tertiary/aromatic N) is 2. The van der Waals surface area contributed by atoms with Gasteiger partial charge in [0.15, 0.2) is 6.61 Å². The van der Waals surface area contributed by atoms with E-state index in [4.69, 9.17) is 18.7 Å². The summed E-state index contributed by atoms with van der Waals surface area (Å²) in [6.45, 7) is 2.85. The maximum atomic E-state index is 14.0. The van der Waals surface area contributed by atoms with Crippen LogP contribution in [0.25, 0.3) is 11.4 Å². The van der Waals surface area contributed by atoms with Crippen molar-refractivity contribution in [1.29, 1.82) is 0 Å². The number of methoxy groups -OCH3 is 2. The third-order valence-electron chi connectivity index (χ3n) is 4.78. The average Bonchev–Trinajstić information content (AvgIpc) is 3.29. The van der Waals surface area contributed by atoms with Crippen molar-refractivity contribution >= 4 is 16.0 Å². The maximum Gasteiger partial charge on any atom is 0.324 e. The Labute approximate surface area is 196 Å². The second-order valence-corrected chi connectivity index (χ2v) is 9.14. The molecule has 0 aliphatic rings. The van der Waals surface area contributed by atoms with E-state index in [9.17, 15) is 17.6 Å². The number of benzene rings is 2. The molecule has 1 aromatic heterocycles. The van der Waals surface area contributed by atoms with Crippen LogP contribution in [0.3, 0.4) is 0 Å². The first-order chi connectivity index (χ1) is 16.2. The van der Waals surface area contributed by atoms with Gasteiger partial charge in [-0.15, -0.1) is 0 Å². The van der Waals surface area contributed by atoms with Crippen LogP contribution in [0.15, 0.2) is 51.9 Å². The normalized spacial score (nSPS) is 12.4. The van der Waals surface area contributed by atoms with Crippen molar-refractivity contribution in [2.24, 2.45) is 5.92 Å². The molecule has 0 radical (unpaired) electrons. The number of hydrogen-bond acceptors (Lipinski definition) is 9. The molecule has 0 aliphatic heterocycles. The lowest BCUT2D eigenvalue weighted by Crippen LogP contribution is -2.45. The molecule has 10 nitrogen and oxygen atoms in total. The fraction of sp³-hybridized carbons (Fsp3) is 0.318. The van der Waals surface area contributed by atoms with Crippen molar-refractivity contribution in [3.63, 3.8) is 0 Å². The molecule has 1 atom stereocenters. The fourth-order valence-electron chi connectivity index (χ4n) is 2.98. The van der Waals surface area contributed by atoms with Crippen LogP contribution in [0.4, 0.5) is 4.39 Å². The fourth-order valence-corrected chi connectivity index (χ4v) is 4.39. The Bertz CT molecular complexity index is 1260. The molecule has 0 bridgehead atoms.